The van der Waals surface area contributed by atoms with Gasteiger partial charge in [-0.25, -0.2) is 14.6 Å². The predicted molar refractivity (Wildman–Crippen MR) is 73.2 cm³/mol. The second-order valence-electron chi connectivity index (χ2n) is 4.38. The van der Waals surface area contributed by atoms with Crippen molar-refractivity contribution in [2.45, 2.75) is 13.0 Å². The first-order valence-corrected chi connectivity index (χ1v) is 6.24. The summed E-state index contributed by atoms with van der Waals surface area (Å²) in [7, 11) is 0. The molecule has 2 aromatic carbocycles. The Morgan fingerprint density at radius 2 is 1.81 bits per heavy atom. The van der Waals surface area contributed by atoms with Crippen LogP contribution in [0.4, 0.5) is 8.78 Å². The molecule has 3 N–H and O–H groups in total. The molecule has 0 aliphatic rings. The molecule has 6 heteroatoms. The summed E-state index contributed by atoms with van der Waals surface area (Å²) in [6.45, 7) is 0.138. The number of hydrogen-bond acceptors (Lipinski definition) is 3. The molecule has 110 valence electrons. The van der Waals surface area contributed by atoms with Crippen LogP contribution < -0.4 is 16.0 Å². The van der Waals surface area contributed by atoms with Crippen molar-refractivity contribution >= 4 is 5.91 Å². The average molecular weight is 292 g/mol. The minimum Gasteiger partial charge on any atom is -0.489 e. The lowest BCUT2D eigenvalue weighted by Gasteiger charge is -2.11. The molecule has 0 aromatic heterocycles. The Balaban J connectivity index is 2.09. The van der Waals surface area contributed by atoms with Gasteiger partial charge in [0.25, 0.3) is 0 Å². The number of carbonyl (C=O) groups excluding carboxylic acids is 1. The highest BCUT2D eigenvalue weighted by molar-refractivity contribution is 5.78. The van der Waals surface area contributed by atoms with E-state index in [0.717, 1.165) is 23.3 Å². The summed E-state index contributed by atoms with van der Waals surface area (Å²) in [6.07, 6.45) is 0.119. The normalized spacial score (nSPS) is 10.2. The van der Waals surface area contributed by atoms with Gasteiger partial charge in [-0.15, -0.1) is 0 Å². The number of ether oxygens (including phenoxy) is 1. The molecule has 0 radical (unpaired) electrons. The van der Waals surface area contributed by atoms with Crippen molar-refractivity contribution < 1.29 is 18.3 Å². The molecule has 0 spiro atoms. The lowest BCUT2D eigenvalue weighted by Crippen LogP contribution is -2.31. The van der Waals surface area contributed by atoms with Gasteiger partial charge in [0, 0.05) is 6.07 Å². The van der Waals surface area contributed by atoms with E-state index in [1.54, 1.807) is 24.3 Å². The van der Waals surface area contributed by atoms with Crippen LogP contribution in [-0.4, -0.2) is 5.91 Å². The summed E-state index contributed by atoms with van der Waals surface area (Å²) in [5.41, 5.74) is 3.58. The summed E-state index contributed by atoms with van der Waals surface area (Å²) in [6, 6.07) is 10.5. The number of benzene rings is 2. The third kappa shape index (κ3) is 4.00. The van der Waals surface area contributed by atoms with Gasteiger partial charge in [-0.2, -0.15) is 0 Å². The number of hydrazine groups is 1. The van der Waals surface area contributed by atoms with E-state index in [1.807, 2.05) is 0 Å². The molecule has 0 heterocycles. The Hall–Kier alpha value is -2.47. The molecule has 21 heavy (non-hydrogen) atoms. The molecule has 0 aliphatic carbocycles. The first-order chi connectivity index (χ1) is 10.1. The number of hydrogen-bond donors (Lipinski definition) is 2. The van der Waals surface area contributed by atoms with Crippen LogP contribution in [0.5, 0.6) is 5.75 Å². The highest BCUT2D eigenvalue weighted by atomic mass is 19.2. The van der Waals surface area contributed by atoms with Crippen LogP contribution in [0.15, 0.2) is 42.5 Å². The number of nitrogens with two attached hydrogens (primary N) is 1. The highest BCUT2D eigenvalue weighted by Gasteiger charge is 2.08. The maximum atomic E-state index is 13.1. The SMILES string of the molecule is NNC(=O)Cc1ccccc1COc1ccc(F)c(F)c1. The second kappa shape index (κ2) is 6.81. The molecule has 0 atom stereocenters. The number of halogens is 2. The van der Waals surface area contributed by atoms with Crippen molar-refractivity contribution in [1.82, 2.24) is 5.43 Å². The summed E-state index contributed by atoms with van der Waals surface area (Å²) >= 11 is 0. The van der Waals surface area contributed by atoms with E-state index in [1.165, 1.54) is 6.07 Å². The molecule has 0 saturated carbocycles. The first kappa shape index (κ1) is 14.9. The first-order valence-electron chi connectivity index (χ1n) is 6.24. The number of rotatable bonds is 5. The minimum atomic E-state index is -0.969. The molecule has 2 rings (SSSR count). The van der Waals surface area contributed by atoms with Crippen LogP contribution in [-0.2, 0) is 17.8 Å². The van der Waals surface area contributed by atoms with E-state index in [9.17, 15) is 13.6 Å². The summed E-state index contributed by atoms with van der Waals surface area (Å²) in [5, 5.41) is 0. The fraction of sp³-hybridized carbons (Fsp3) is 0.133. The maximum absolute atomic E-state index is 13.1. The van der Waals surface area contributed by atoms with Crippen LogP contribution in [0.1, 0.15) is 11.1 Å². The van der Waals surface area contributed by atoms with Gasteiger partial charge in [0.15, 0.2) is 11.6 Å². The molecule has 0 fully saturated rings. The fourth-order valence-electron chi connectivity index (χ4n) is 1.82. The van der Waals surface area contributed by atoms with E-state index in [4.69, 9.17) is 10.6 Å². The maximum Gasteiger partial charge on any atom is 0.238 e. The van der Waals surface area contributed by atoms with E-state index < -0.39 is 11.6 Å². The molecule has 2 aromatic rings. The molecule has 1 amide bonds. The molecular formula is C15H14F2N2O2. The Bertz CT molecular complexity index is 647. The monoisotopic (exact) mass is 292 g/mol. The van der Waals surface area contributed by atoms with E-state index >= 15 is 0 Å². The summed E-state index contributed by atoms with van der Waals surface area (Å²) in [4.78, 5) is 11.3. The quantitative estimate of drug-likeness (QED) is 0.504. The third-order valence-corrected chi connectivity index (χ3v) is 2.92. The van der Waals surface area contributed by atoms with Crippen LogP contribution in [0.25, 0.3) is 0 Å². The predicted octanol–water partition coefficient (Wildman–Crippen LogP) is 2.08. The molecule has 0 bridgehead atoms. The highest BCUT2D eigenvalue weighted by Crippen LogP contribution is 2.18. The smallest absolute Gasteiger partial charge is 0.238 e. The van der Waals surface area contributed by atoms with E-state index in [0.29, 0.717) is 0 Å². The van der Waals surface area contributed by atoms with Crippen molar-refractivity contribution in [3.05, 3.63) is 65.2 Å². The van der Waals surface area contributed by atoms with Gasteiger partial charge in [0.1, 0.15) is 12.4 Å². The largest absolute Gasteiger partial charge is 0.489 e. The molecule has 0 saturated heterocycles. The van der Waals surface area contributed by atoms with E-state index in [-0.39, 0.29) is 24.7 Å². The topological polar surface area (TPSA) is 64.3 Å². The van der Waals surface area contributed by atoms with Crippen molar-refractivity contribution in [2.24, 2.45) is 5.84 Å². The average Bonchev–Trinajstić information content (AvgIpc) is 2.49. The molecule has 4 nitrogen and oxygen atoms in total. The molecule has 0 unspecified atom stereocenters. The minimum absolute atomic E-state index is 0.119. The van der Waals surface area contributed by atoms with Crippen molar-refractivity contribution in [2.75, 3.05) is 0 Å². The molecular weight excluding hydrogens is 278 g/mol. The lowest BCUT2D eigenvalue weighted by atomic mass is 10.1. The standard InChI is InChI=1S/C15H14F2N2O2/c16-13-6-5-12(8-14(13)17)21-9-11-4-2-1-3-10(11)7-15(20)19-18/h1-6,8H,7,9,18H2,(H,19,20). The van der Waals surface area contributed by atoms with Gasteiger partial charge in [0.2, 0.25) is 5.91 Å². The summed E-state index contributed by atoms with van der Waals surface area (Å²) in [5.74, 6) is 3.05. The van der Waals surface area contributed by atoms with Crippen LogP contribution in [0, 0.1) is 11.6 Å². The van der Waals surface area contributed by atoms with Crippen LogP contribution in [0.2, 0.25) is 0 Å². The zero-order valence-corrected chi connectivity index (χ0v) is 11.1. The van der Waals surface area contributed by atoms with Gasteiger partial charge in [0.05, 0.1) is 6.42 Å². The van der Waals surface area contributed by atoms with Crippen molar-refractivity contribution in [3.63, 3.8) is 0 Å². The number of carbonyl (C=O) groups is 1. The van der Waals surface area contributed by atoms with Gasteiger partial charge in [-0.1, -0.05) is 24.3 Å². The lowest BCUT2D eigenvalue weighted by molar-refractivity contribution is -0.120. The van der Waals surface area contributed by atoms with Crippen molar-refractivity contribution in [1.29, 1.82) is 0 Å². The number of amides is 1. The number of nitrogens with one attached hydrogen (secondary N) is 1. The Morgan fingerprint density at radius 3 is 2.48 bits per heavy atom. The van der Waals surface area contributed by atoms with Crippen molar-refractivity contribution in [3.8, 4) is 5.75 Å². The third-order valence-electron chi connectivity index (χ3n) is 2.92. The van der Waals surface area contributed by atoms with Gasteiger partial charge in [-0.3, -0.25) is 10.2 Å². The Labute approximate surface area is 120 Å². The summed E-state index contributed by atoms with van der Waals surface area (Å²) < 4.78 is 31.3. The van der Waals surface area contributed by atoms with Gasteiger partial charge >= 0.3 is 0 Å². The zero-order chi connectivity index (χ0) is 15.2. The Kier molecular flexibility index (Phi) is 4.84. The van der Waals surface area contributed by atoms with Crippen LogP contribution >= 0.6 is 0 Å². The molecule has 0 aliphatic heterocycles. The fourth-order valence-corrected chi connectivity index (χ4v) is 1.82. The second-order valence-corrected chi connectivity index (χ2v) is 4.38. The van der Waals surface area contributed by atoms with Gasteiger partial charge < -0.3 is 4.74 Å². The zero-order valence-electron chi connectivity index (χ0n) is 11.1. The van der Waals surface area contributed by atoms with Gasteiger partial charge in [-0.05, 0) is 23.3 Å². The van der Waals surface area contributed by atoms with E-state index in [2.05, 4.69) is 5.43 Å². The van der Waals surface area contributed by atoms with Crippen LogP contribution in [0.3, 0.4) is 0 Å². The Morgan fingerprint density at radius 1 is 1.10 bits per heavy atom.